The molecule has 9 heteroatoms. The monoisotopic (exact) mass is 473 g/mol. The average molecular weight is 474 g/mol. The molecule has 1 saturated heterocycles. The molecule has 0 spiro atoms. The lowest BCUT2D eigenvalue weighted by molar-refractivity contribution is -0.115. The van der Waals surface area contributed by atoms with Crippen molar-refractivity contribution in [3.63, 3.8) is 0 Å². The first-order chi connectivity index (χ1) is 16.2. The quantitative estimate of drug-likeness (QED) is 0.239. The average Bonchev–Trinajstić information content (AvgIpc) is 3.57. The van der Waals surface area contributed by atoms with Crippen molar-refractivity contribution in [2.75, 3.05) is 0 Å². The van der Waals surface area contributed by atoms with Gasteiger partial charge in [-0.15, -0.1) is 5.10 Å². The van der Waals surface area contributed by atoms with Gasteiger partial charge in [-0.3, -0.25) is 10.1 Å². The summed E-state index contributed by atoms with van der Waals surface area (Å²) in [6.45, 7) is 0. The van der Waals surface area contributed by atoms with Crippen molar-refractivity contribution >= 4 is 46.7 Å². The number of carbonyl (C=O) groups is 1. The Hall–Kier alpha value is -3.88. The maximum atomic E-state index is 12.6. The van der Waals surface area contributed by atoms with Crippen LogP contribution in [-0.2, 0) is 4.79 Å². The first kappa shape index (κ1) is 21.0. The smallest absolute Gasteiger partial charge is 0.264 e. The minimum atomic E-state index is -0.249. The second-order valence-electron chi connectivity index (χ2n) is 6.95. The van der Waals surface area contributed by atoms with E-state index in [1.54, 1.807) is 29.2 Å². The second kappa shape index (κ2) is 9.32. The molecule has 0 saturated carbocycles. The van der Waals surface area contributed by atoms with Crippen molar-refractivity contribution in [3.8, 4) is 16.9 Å². The number of amidine groups is 1. The van der Waals surface area contributed by atoms with Crippen LogP contribution in [0.4, 0.5) is 0 Å². The Morgan fingerprint density at radius 3 is 2.64 bits per heavy atom. The number of para-hydroxylation sites is 1. The number of aromatic nitrogens is 2. The first-order valence-corrected chi connectivity index (χ1v) is 11.1. The van der Waals surface area contributed by atoms with Gasteiger partial charge in [-0.25, -0.2) is 4.68 Å². The first-order valence-electron chi connectivity index (χ1n) is 9.92. The molecule has 0 bridgehead atoms. The molecule has 1 aliphatic rings. The van der Waals surface area contributed by atoms with Gasteiger partial charge in [-0.2, -0.15) is 10.2 Å². The summed E-state index contributed by atoms with van der Waals surface area (Å²) in [4.78, 5) is 13.0. The third-order valence-electron chi connectivity index (χ3n) is 4.70. The van der Waals surface area contributed by atoms with E-state index in [2.05, 4.69) is 15.5 Å². The topological polar surface area (TPSA) is 84.8 Å². The summed E-state index contributed by atoms with van der Waals surface area (Å²) in [5.41, 5.74) is 3.33. The minimum Gasteiger partial charge on any atom is -0.463 e. The number of hydrogen-bond donors (Lipinski definition) is 1. The van der Waals surface area contributed by atoms with E-state index < -0.39 is 0 Å². The van der Waals surface area contributed by atoms with Crippen molar-refractivity contribution in [3.05, 3.63) is 100 Å². The molecule has 33 heavy (non-hydrogen) atoms. The number of nitrogens with zero attached hydrogens (tertiary/aromatic N) is 4. The van der Waals surface area contributed by atoms with E-state index in [-0.39, 0.29) is 5.91 Å². The normalized spacial score (nSPS) is 16.2. The van der Waals surface area contributed by atoms with E-state index in [4.69, 9.17) is 21.1 Å². The van der Waals surface area contributed by atoms with Crippen LogP contribution in [0.2, 0.25) is 5.02 Å². The van der Waals surface area contributed by atoms with Crippen molar-refractivity contribution < 1.29 is 9.21 Å². The number of nitrogens with one attached hydrogen (secondary N) is 1. The van der Waals surface area contributed by atoms with E-state index in [1.165, 1.54) is 18.0 Å². The molecule has 7 nitrogen and oxygen atoms in total. The maximum absolute atomic E-state index is 12.6. The second-order valence-corrected chi connectivity index (χ2v) is 8.42. The third kappa shape index (κ3) is 4.82. The summed E-state index contributed by atoms with van der Waals surface area (Å²) < 4.78 is 6.97. The number of benzene rings is 2. The predicted octanol–water partition coefficient (Wildman–Crippen LogP) is 5.38. The summed E-state index contributed by atoms with van der Waals surface area (Å²) in [6.07, 6.45) is 6.72. The van der Waals surface area contributed by atoms with Gasteiger partial charge in [-0.1, -0.05) is 41.9 Å². The number of halogens is 1. The van der Waals surface area contributed by atoms with Crippen LogP contribution in [-0.4, -0.2) is 27.1 Å². The lowest BCUT2D eigenvalue weighted by Crippen LogP contribution is -2.19. The number of thioether (sulfide) groups is 1. The van der Waals surface area contributed by atoms with E-state index in [0.717, 1.165) is 22.5 Å². The Bertz CT molecular complexity index is 1370. The largest absolute Gasteiger partial charge is 0.463 e. The molecular formula is C24H16ClN5O2S. The van der Waals surface area contributed by atoms with Crippen LogP contribution in [0.5, 0.6) is 0 Å². The highest BCUT2D eigenvalue weighted by molar-refractivity contribution is 8.18. The van der Waals surface area contributed by atoms with Gasteiger partial charge in [0.25, 0.3) is 5.91 Å². The molecule has 0 unspecified atom stereocenters. The highest BCUT2D eigenvalue weighted by Gasteiger charge is 2.25. The third-order valence-corrected chi connectivity index (χ3v) is 5.85. The fraction of sp³-hybridized carbons (Fsp3) is 0. The molecule has 0 aliphatic carbocycles. The van der Waals surface area contributed by atoms with E-state index >= 15 is 0 Å². The highest BCUT2D eigenvalue weighted by Crippen LogP contribution is 2.31. The summed E-state index contributed by atoms with van der Waals surface area (Å²) in [5.74, 6) is 0.326. The van der Waals surface area contributed by atoms with E-state index in [9.17, 15) is 4.79 Å². The molecule has 3 heterocycles. The Morgan fingerprint density at radius 1 is 1.06 bits per heavy atom. The lowest BCUT2D eigenvalue weighted by Gasteiger charge is -2.01. The van der Waals surface area contributed by atoms with Crippen LogP contribution in [0.3, 0.4) is 0 Å². The zero-order valence-electron chi connectivity index (χ0n) is 17.1. The Kier molecular flexibility index (Phi) is 5.93. The standard InChI is InChI=1S/C24H16ClN5O2S/c25-18-10-8-16(9-11-18)22-17(15-30(29-22)19-5-2-1-3-6-19)13-21-23(31)27-24(33-21)28-26-14-20-7-4-12-32-20/h1-15H,(H,27,28,31)/b21-13+,26-14+. The Balaban J connectivity index is 1.48. The number of hydrogen-bond acceptors (Lipinski definition) is 6. The molecule has 1 amide bonds. The predicted molar refractivity (Wildman–Crippen MR) is 131 cm³/mol. The molecule has 1 N–H and O–H groups in total. The van der Waals surface area contributed by atoms with Crippen LogP contribution in [0.1, 0.15) is 11.3 Å². The molecule has 0 radical (unpaired) electrons. The molecule has 1 fully saturated rings. The molecule has 162 valence electrons. The highest BCUT2D eigenvalue weighted by atomic mass is 35.5. The Labute approximate surface area is 198 Å². The van der Waals surface area contributed by atoms with Gasteiger partial charge in [0.15, 0.2) is 5.17 Å². The molecular weight excluding hydrogens is 458 g/mol. The number of furan rings is 1. The molecule has 0 atom stereocenters. The maximum Gasteiger partial charge on any atom is 0.264 e. The summed E-state index contributed by atoms with van der Waals surface area (Å²) in [5, 5.41) is 16.6. The van der Waals surface area contributed by atoms with Gasteiger partial charge in [0.05, 0.1) is 28.8 Å². The van der Waals surface area contributed by atoms with Crippen LogP contribution in [0.25, 0.3) is 23.0 Å². The van der Waals surface area contributed by atoms with Crippen molar-refractivity contribution in [1.29, 1.82) is 0 Å². The Morgan fingerprint density at radius 2 is 1.88 bits per heavy atom. The molecule has 2 aromatic carbocycles. The summed E-state index contributed by atoms with van der Waals surface area (Å²) >= 11 is 7.27. The van der Waals surface area contributed by atoms with Crippen molar-refractivity contribution in [1.82, 2.24) is 15.1 Å². The van der Waals surface area contributed by atoms with Gasteiger partial charge in [-0.05, 0) is 54.2 Å². The zero-order valence-corrected chi connectivity index (χ0v) is 18.6. The minimum absolute atomic E-state index is 0.249. The van der Waals surface area contributed by atoms with Gasteiger partial charge < -0.3 is 4.42 Å². The van der Waals surface area contributed by atoms with Gasteiger partial charge in [0, 0.05) is 22.3 Å². The van der Waals surface area contributed by atoms with Crippen LogP contribution < -0.4 is 5.32 Å². The van der Waals surface area contributed by atoms with Crippen LogP contribution in [0, 0.1) is 0 Å². The van der Waals surface area contributed by atoms with Crippen LogP contribution in [0.15, 0.2) is 98.7 Å². The molecule has 4 aromatic rings. The van der Waals surface area contributed by atoms with Gasteiger partial charge >= 0.3 is 0 Å². The fourth-order valence-electron chi connectivity index (χ4n) is 3.16. The van der Waals surface area contributed by atoms with E-state index in [1.807, 2.05) is 60.8 Å². The number of rotatable bonds is 5. The van der Waals surface area contributed by atoms with Gasteiger partial charge in [0.1, 0.15) is 5.76 Å². The number of carbonyl (C=O) groups excluding carboxylic acids is 1. The number of amides is 1. The summed E-state index contributed by atoms with van der Waals surface area (Å²) in [6, 6.07) is 20.7. The van der Waals surface area contributed by atoms with Crippen molar-refractivity contribution in [2.24, 2.45) is 10.2 Å². The van der Waals surface area contributed by atoms with Gasteiger partial charge in [0.2, 0.25) is 0 Å². The molecule has 5 rings (SSSR count). The zero-order chi connectivity index (χ0) is 22.6. The SMILES string of the molecule is O=C1N/C(=N\N=C\c2ccco2)S/C1=C/c1cn(-c2ccccc2)nc1-c1ccc(Cl)cc1. The summed E-state index contributed by atoms with van der Waals surface area (Å²) in [7, 11) is 0. The molecule has 1 aliphatic heterocycles. The fourth-order valence-corrected chi connectivity index (χ4v) is 4.05. The lowest BCUT2D eigenvalue weighted by atomic mass is 10.1. The van der Waals surface area contributed by atoms with Crippen molar-refractivity contribution in [2.45, 2.75) is 0 Å². The van der Waals surface area contributed by atoms with Crippen LogP contribution >= 0.6 is 23.4 Å². The van der Waals surface area contributed by atoms with E-state index in [0.29, 0.717) is 20.9 Å². The molecule has 2 aromatic heterocycles.